The Morgan fingerprint density at radius 3 is 3.12 bits per heavy atom. The van der Waals surface area contributed by atoms with Crippen LogP contribution in [0.15, 0.2) is 24.4 Å². The van der Waals surface area contributed by atoms with Gasteiger partial charge < -0.3 is 19.5 Å². The Morgan fingerprint density at radius 2 is 2.31 bits per heavy atom. The molecule has 0 radical (unpaired) electrons. The summed E-state index contributed by atoms with van der Waals surface area (Å²) in [7, 11) is 0. The van der Waals surface area contributed by atoms with Gasteiger partial charge in [0.15, 0.2) is 5.82 Å². The first kappa shape index (κ1) is 17.0. The Labute approximate surface area is 152 Å². The first-order chi connectivity index (χ1) is 12.8. The molecule has 2 amide bonds. The quantitative estimate of drug-likeness (QED) is 0.848. The number of nitrogens with one attached hydrogen (secondary N) is 1. The first-order valence-corrected chi connectivity index (χ1v) is 9.25. The van der Waals surface area contributed by atoms with E-state index in [0.717, 1.165) is 56.2 Å². The Morgan fingerprint density at radius 1 is 1.35 bits per heavy atom. The third-order valence-electron chi connectivity index (χ3n) is 4.90. The van der Waals surface area contributed by atoms with Gasteiger partial charge in [-0.1, -0.05) is 6.07 Å². The smallest absolute Gasteiger partial charge is 0.318 e. The fraction of sp³-hybridized carbons (Fsp3) is 0.556. The van der Waals surface area contributed by atoms with Crippen molar-refractivity contribution in [1.82, 2.24) is 30.0 Å². The van der Waals surface area contributed by atoms with Crippen molar-refractivity contribution in [3.05, 3.63) is 41.7 Å². The molecule has 0 unspecified atom stereocenters. The van der Waals surface area contributed by atoms with Gasteiger partial charge in [-0.3, -0.25) is 4.98 Å². The van der Waals surface area contributed by atoms with Gasteiger partial charge in [-0.15, -0.1) is 10.2 Å². The van der Waals surface area contributed by atoms with E-state index in [1.54, 1.807) is 11.1 Å². The molecule has 1 saturated heterocycles. The van der Waals surface area contributed by atoms with Gasteiger partial charge in [-0.05, 0) is 31.4 Å². The van der Waals surface area contributed by atoms with Crippen LogP contribution in [0.1, 0.15) is 36.6 Å². The molecular weight excluding hydrogens is 332 g/mol. The first-order valence-electron chi connectivity index (χ1n) is 9.25. The second-order valence-corrected chi connectivity index (χ2v) is 6.78. The number of hydrogen-bond acceptors (Lipinski definition) is 5. The summed E-state index contributed by atoms with van der Waals surface area (Å²) in [6.45, 7) is 3.12. The van der Waals surface area contributed by atoms with Crippen LogP contribution < -0.4 is 5.32 Å². The third kappa shape index (κ3) is 3.85. The summed E-state index contributed by atoms with van der Waals surface area (Å²) in [4.78, 5) is 18.9. The molecule has 138 valence electrons. The highest BCUT2D eigenvalue weighted by atomic mass is 16.5. The van der Waals surface area contributed by atoms with E-state index < -0.39 is 0 Å². The molecule has 2 aliphatic heterocycles. The van der Waals surface area contributed by atoms with E-state index in [1.165, 1.54) is 0 Å². The third-order valence-corrected chi connectivity index (χ3v) is 4.90. The molecule has 0 bridgehead atoms. The van der Waals surface area contributed by atoms with E-state index in [-0.39, 0.29) is 12.1 Å². The number of carbonyl (C=O) groups is 1. The molecular formula is C18H24N6O2. The molecule has 0 saturated carbocycles. The van der Waals surface area contributed by atoms with Crippen LogP contribution in [0, 0.1) is 0 Å². The summed E-state index contributed by atoms with van der Waals surface area (Å²) >= 11 is 0. The predicted molar refractivity (Wildman–Crippen MR) is 94.2 cm³/mol. The van der Waals surface area contributed by atoms with Crippen molar-refractivity contribution in [1.29, 1.82) is 0 Å². The molecule has 0 aliphatic carbocycles. The minimum atomic E-state index is -0.124. The van der Waals surface area contributed by atoms with Gasteiger partial charge >= 0.3 is 6.03 Å². The minimum absolute atomic E-state index is 0.0989. The predicted octanol–water partition coefficient (Wildman–Crippen LogP) is 1.51. The fourth-order valence-corrected chi connectivity index (χ4v) is 3.55. The van der Waals surface area contributed by atoms with Crippen LogP contribution >= 0.6 is 0 Å². The molecule has 1 N–H and O–H groups in total. The Balaban J connectivity index is 1.40. The Bertz CT molecular complexity index is 741. The van der Waals surface area contributed by atoms with E-state index in [9.17, 15) is 4.79 Å². The number of aromatic nitrogens is 4. The fourth-order valence-electron chi connectivity index (χ4n) is 3.55. The van der Waals surface area contributed by atoms with Gasteiger partial charge in [0, 0.05) is 32.3 Å². The van der Waals surface area contributed by atoms with Crippen molar-refractivity contribution >= 4 is 6.03 Å². The van der Waals surface area contributed by atoms with Crippen LogP contribution in [-0.4, -0.2) is 49.9 Å². The van der Waals surface area contributed by atoms with Crippen molar-refractivity contribution in [3.8, 4) is 0 Å². The normalized spacial score (nSPS) is 18.7. The summed E-state index contributed by atoms with van der Waals surface area (Å²) in [5.74, 6) is 1.83. The lowest BCUT2D eigenvalue weighted by molar-refractivity contribution is 0.0790. The lowest BCUT2D eigenvalue weighted by Crippen LogP contribution is -2.43. The number of aryl methyl sites for hydroxylation is 1. The van der Waals surface area contributed by atoms with E-state index >= 15 is 0 Å². The van der Waals surface area contributed by atoms with Crippen LogP contribution in [0.2, 0.25) is 0 Å². The topological polar surface area (TPSA) is 85.2 Å². The lowest BCUT2D eigenvalue weighted by atomic mass is 10.2. The number of carbonyl (C=O) groups excluding carboxylic acids is 1. The van der Waals surface area contributed by atoms with Gasteiger partial charge in [0.25, 0.3) is 0 Å². The molecule has 2 aromatic heterocycles. The monoisotopic (exact) mass is 356 g/mol. The van der Waals surface area contributed by atoms with E-state index in [2.05, 4.69) is 25.1 Å². The maximum Gasteiger partial charge on any atom is 0.318 e. The van der Waals surface area contributed by atoms with Gasteiger partial charge in [0.1, 0.15) is 5.82 Å². The number of pyridine rings is 1. The number of amides is 2. The highest BCUT2D eigenvalue weighted by Gasteiger charge is 2.24. The molecule has 0 aromatic carbocycles. The number of rotatable bonds is 6. The number of ether oxygens (including phenoxy) is 1. The molecule has 4 rings (SSSR count). The van der Waals surface area contributed by atoms with Crippen LogP contribution in [0.4, 0.5) is 4.79 Å². The zero-order valence-corrected chi connectivity index (χ0v) is 14.8. The highest BCUT2D eigenvalue weighted by Crippen LogP contribution is 2.16. The second kappa shape index (κ2) is 7.82. The SMILES string of the molecule is O=C(NCc1nnc2n1CCC2)N(Cc1ccccn1)C[C@H]1CCCO1. The highest BCUT2D eigenvalue weighted by molar-refractivity contribution is 5.74. The minimum Gasteiger partial charge on any atom is -0.376 e. The van der Waals surface area contributed by atoms with Gasteiger partial charge in [-0.2, -0.15) is 0 Å². The van der Waals surface area contributed by atoms with Gasteiger partial charge in [-0.25, -0.2) is 4.79 Å². The molecule has 4 heterocycles. The molecule has 26 heavy (non-hydrogen) atoms. The molecule has 1 fully saturated rings. The largest absolute Gasteiger partial charge is 0.376 e. The van der Waals surface area contributed by atoms with E-state index in [4.69, 9.17) is 4.74 Å². The van der Waals surface area contributed by atoms with Crippen molar-refractivity contribution in [2.24, 2.45) is 0 Å². The molecule has 2 aliphatic rings. The van der Waals surface area contributed by atoms with Gasteiger partial charge in [0.05, 0.1) is 24.9 Å². The Kier molecular flexibility index (Phi) is 5.10. The van der Waals surface area contributed by atoms with Crippen molar-refractivity contribution in [2.75, 3.05) is 13.2 Å². The Hall–Kier alpha value is -2.48. The number of fused-ring (bicyclic) bond motifs is 1. The average Bonchev–Trinajstić information content (AvgIpc) is 3.39. The summed E-state index contributed by atoms with van der Waals surface area (Å²) in [6, 6.07) is 5.62. The van der Waals surface area contributed by atoms with E-state index in [0.29, 0.717) is 19.6 Å². The molecule has 1 atom stereocenters. The van der Waals surface area contributed by atoms with Gasteiger partial charge in [0.2, 0.25) is 0 Å². The zero-order valence-electron chi connectivity index (χ0n) is 14.8. The second-order valence-electron chi connectivity index (χ2n) is 6.78. The van der Waals surface area contributed by atoms with E-state index in [1.807, 2.05) is 18.2 Å². The summed E-state index contributed by atoms with van der Waals surface area (Å²) in [6.07, 6.45) is 5.94. The summed E-state index contributed by atoms with van der Waals surface area (Å²) < 4.78 is 7.81. The molecule has 8 nitrogen and oxygen atoms in total. The summed E-state index contributed by atoms with van der Waals surface area (Å²) in [5.41, 5.74) is 0.865. The number of urea groups is 1. The standard InChI is InChI=1S/C18H24N6O2/c25-18(20-11-17-22-21-16-7-3-9-24(16)17)23(13-15-6-4-10-26-15)12-14-5-1-2-8-19-14/h1-2,5,8,15H,3-4,6-7,9-13H2,(H,20,25)/t15-/m1/s1. The average molecular weight is 356 g/mol. The maximum absolute atomic E-state index is 12.8. The molecule has 2 aromatic rings. The van der Waals surface area contributed by atoms with Crippen molar-refractivity contribution in [3.63, 3.8) is 0 Å². The summed E-state index contributed by atoms with van der Waals surface area (Å²) in [5, 5.41) is 11.4. The van der Waals surface area contributed by atoms with Crippen molar-refractivity contribution < 1.29 is 9.53 Å². The lowest BCUT2D eigenvalue weighted by Gasteiger charge is -2.25. The molecule has 8 heteroatoms. The number of nitrogens with zero attached hydrogens (tertiary/aromatic N) is 5. The maximum atomic E-state index is 12.8. The van der Waals surface area contributed by atoms with Crippen LogP contribution in [-0.2, 0) is 30.8 Å². The number of hydrogen-bond donors (Lipinski definition) is 1. The van der Waals surface area contributed by atoms with Crippen LogP contribution in [0.3, 0.4) is 0 Å². The van der Waals surface area contributed by atoms with Crippen LogP contribution in [0.5, 0.6) is 0 Å². The molecule has 0 spiro atoms. The van der Waals surface area contributed by atoms with Crippen molar-refractivity contribution in [2.45, 2.75) is 51.4 Å². The van der Waals surface area contributed by atoms with Crippen LogP contribution in [0.25, 0.3) is 0 Å². The zero-order chi connectivity index (χ0) is 17.8.